The molecule has 0 spiro atoms. The van der Waals surface area contributed by atoms with E-state index in [2.05, 4.69) is 20.2 Å². The summed E-state index contributed by atoms with van der Waals surface area (Å²) < 4.78 is 0. The van der Waals surface area contributed by atoms with Gasteiger partial charge in [0, 0.05) is 17.8 Å². The van der Waals surface area contributed by atoms with E-state index in [1.807, 2.05) is 26.0 Å². The van der Waals surface area contributed by atoms with Gasteiger partial charge in [-0.3, -0.25) is 9.78 Å². The number of hydrogen-bond donors (Lipinski definition) is 2. The van der Waals surface area contributed by atoms with Crippen LogP contribution in [0, 0.1) is 13.8 Å². The number of aromatic hydroxyl groups is 1. The van der Waals surface area contributed by atoms with Crippen molar-refractivity contribution in [1.29, 1.82) is 0 Å². The van der Waals surface area contributed by atoms with Gasteiger partial charge in [0.05, 0.1) is 11.1 Å². The summed E-state index contributed by atoms with van der Waals surface area (Å²) in [6.07, 6.45) is 3.00. The lowest BCUT2D eigenvalue weighted by atomic mass is 10.1. The molecular formula is C16H14N4O2. The van der Waals surface area contributed by atoms with Gasteiger partial charge in [0.1, 0.15) is 0 Å². The van der Waals surface area contributed by atoms with Crippen LogP contribution in [0.5, 0.6) is 5.88 Å². The Bertz CT molecular complexity index is 882. The third-order valence-corrected chi connectivity index (χ3v) is 3.35. The molecule has 0 saturated heterocycles. The van der Waals surface area contributed by atoms with E-state index in [1.54, 1.807) is 18.3 Å². The molecule has 0 aliphatic carbocycles. The summed E-state index contributed by atoms with van der Waals surface area (Å²) in [6, 6.07) is 7.15. The highest BCUT2D eigenvalue weighted by atomic mass is 16.3. The lowest BCUT2D eigenvalue weighted by molar-refractivity contribution is 0.0994. The number of amides is 1. The number of aromatic amines is 1. The topological polar surface area (TPSA) is 90.7 Å². The highest BCUT2D eigenvalue weighted by Gasteiger charge is 2.13. The minimum absolute atomic E-state index is 0.105. The molecule has 3 rings (SSSR count). The first kappa shape index (κ1) is 13.9. The van der Waals surface area contributed by atoms with E-state index in [0.717, 1.165) is 22.0 Å². The van der Waals surface area contributed by atoms with Crippen molar-refractivity contribution < 1.29 is 9.90 Å². The van der Waals surface area contributed by atoms with Crippen molar-refractivity contribution in [1.82, 2.24) is 9.97 Å². The Labute approximate surface area is 126 Å². The Morgan fingerprint density at radius 1 is 1.32 bits per heavy atom. The molecule has 0 aliphatic heterocycles. The minimum atomic E-state index is -0.508. The molecule has 0 bridgehead atoms. The maximum Gasteiger partial charge on any atom is 0.296 e. The van der Waals surface area contributed by atoms with Gasteiger partial charge < -0.3 is 10.1 Å². The molecule has 2 aromatic heterocycles. The summed E-state index contributed by atoms with van der Waals surface area (Å²) in [6.45, 7) is 3.89. The zero-order valence-corrected chi connectivity index (χ0v) is 12.2. The number of rotatable bonds is 2. The number of aryl methyl sites for hydroxylation is 2. The van der Waals surface area contributed by atoms with Crippen LogP contribution in [0.1, 0.15) is 21.5 Å². The third kappa shape index (κ3) is 2.46. The number of carbonyl (C=O) groups is 1. The van der Waals surface area contributed by atoms with Gasteiger partial charge in [-0.15, -0.1) is 10.2 Å². The van der Waals surface area contributed by atoms with Crippen molar-refractivity contribution in [2.24, 2.45) is 10.2 Å². The van der Waals surface area contributed by atoms with Crippen LogP contribution in [0.25, 0.3) is 10.9 Å². The number of benzene rings is 1. The first-order chi connectivity index (χ1) is 10.6. The van der Waals surface area contributed by atoms with Crippen LogP contribution < -0.4 is 0 Å². The summed E-state index contributed by atoms with van der Waals surface area (Å²) in [7, 11) is 0. The van der Waals surface area contributed by atoms with Gasteiger partial charge in [-0.2, -0.15) is 0 Å². The van der Waals surface area contributed by atoms with Crippen LogP contribution in [0.2, 0.25) is 0 Å². The summed E-state index contributed by atoms with van der Waals surface area (Å²) in [5.41, 5.74) is 3.42. The largest absolute Gasteiger partial charge is 0.493 e. The van der Waals surface area contributed by atoms with Crippen LogP contribution in [-0.2, 0) is 0 Å². The van der Waals surface area contributed by atoms with Crippen LogP contribution in [0.3, 0.4) is 0 Å². The second-order valence-corrected chi connectivity index (χ2v) is 5.07. The first-order valence-electron chi connectivity index (χ1n) is 6.74. The van der Waals surface area contributed by atoms with Crippen LogP contribution >= 0.6 is 0 Å². The summed E-state index contributed by atoms with van der Waals surface area (Å²) in [5, 5.41) is 18.3. The molecule has 0 radical (unpaired) electrons. The maximum atomic E-state index is 11.9. The second-order valence-electron chi connectivity index (χ2n) is 5.07. The molecule has 6 nitrogen and oxygen atoms in total. The van der Waals surface area contributed by atoms with E-state index < -0.39 is 5.91 Å². The molecule has 22 heavy (non-hydrogen) atoms. The number of aromatic nitrogens is 2. The van der Waals surface area contributed by atoms with Gasteiger partial charge in [-0.05, 0) is 37.6 Å². The van der Waals surface area contributed by atoms with Gasteiger partial charge in [0.2, 0.25) is 5.88 Å². The van der Waals surface area contributed by atoms with Gasteiger partial charge >= 0.3 is 0 Å². The van der Waals surface area contributed by atoms with E-state index in [-0.39, 0.29) is 11.6 Å². The monoisotopic (exact) mass is 294 g/mol. The van der Waals surface area contributed by atoms with Crippen molar-refractivity contribution in [2.45, 2.75) is 13.8 Å². The lowest BCUT2D eigenvalue weighted by Crippen LogP contribution is -1.93. The second kappa shape index (κ2) is 5.40. The number of pyridine rings is 1. The van der Waals surface area contributed by atoms with Crippen LogP contribution in [-0.4, -0.2) is 21.0 Å². The van der Waals surface area contributed by atoms with Crippen molar-refractivity contribution in [3.63, 3.8) is 0 Å². The number of nitrogens with one attached hydrogen (secondary N) is 1. The molecule has 110 valence electrons. The fourth-order valence-electron chi connectivity index (χ4n) is 2.37. The van der Waals surface area contributed by atoms with Gasteiger partial charge in [-0.25, -0.2) is 0 Å². The Hall–Kier alpha value is -3.02. The molecule has 0 fully saturated rings. The van der Waals surface area contributed by atoms with Gasteiger partial charge in [0.15, 0.2) is 5.69 Å². The van der Waals surface area contributed by atoms with E-state index in [9.17, 15) is 9.90 Å². The Balaban J connectivity index is 2.02. The molecule has 2 N–H and O–H groups in total. The van der Waals surface area contributed by atoms with Gasteiger partial charge in [-0.1, -0.05) is 11.6 Å². The SMILES string of the molecule is Cc1cc(C)c2[nH]c(O)c(N=NC(=O)c3cccnc3)c2c1. The van der Waals surface area contributed by atoms with E-state index >= 15 is 0 Å². The van der Waals surface area contributed by atoms with Crippen molar-refractivity contribution in [3.05, 3.63) is 53.3 Å². The Morgan fingerprint density at radius 3 is 2.86 bits per heavy atom. The predicted octanol–water partition coefficient (Wildman–Crippen LogP) is 3.81. The number of hydrogen-bond acceptors (Lipinski definition) is 4. The smallest absolute Gasteiger partial charge is 0.296 e. The van der Waals surface area contributed by atoms with Crippen LogP contribution in [0.4, 0.5) is 5.69 Å². The summed E-state index contributed by atoms with van der Waals surface area (Å²) in [4.78, 5) is 18.7. The molecule has 0 aliphatic rings. The molecule has 6 heteroatoms. The van der Waals surface area contributed by atoms with Gasteiger partial charge in [0.25, 0.3) is 5.91 Å². The fraction of sp³-hybridized carbons (Fsp3) is 0.125. The highest BCUT2D eigenvalue weighted by Crippen LogP contribution is 2.37. The third-order valence-electron chi connectivity index (χ3n) is 3.35. The van der Waals surface area contributed by atoms with Crippen LogP contribution in [0.15, 0.2) is 46.9 Å². The van der Waals surface area contributed by atoms with Crippen molar-refractivity contribution >= 4 is 22.5 Å². The molecule has 2 heterocycles. The Morgan fingerprint density at radius 2 is 2.14 bits per heavy atom. The molecule has 0 atom stereocenters. The van der Waals surface area contributed by atoms with Crippen molar-refractivity contribution in [2.75, 3.05) is 0 Å². The number of H-pyrrole nitrogens is 1. The van der Waals surface area contributed by atoms with E-state index in [1.165, 1.54) is 6.20 Å². The molecule has 1 amide bonds. The number of nitrogens with zero attached hydrogens (tertiary/aromatic N) is 3. The summed E-state index contributed by atoms with van der Waals surface area (Å²) >= 11 is 0. The average Bonchev–Trinajstić information content (AvgIpc) is 2.82. The fourth-order valence-corrected chi connectivity index (χ4v) is 2.37. The quantitative estimate of drug-likeness (QED) is 0.704. The predicted molar refractivity (Wildman–Crippen MR) is 82.5 cm³/mol. The molecule has 1 aromatic carbocycles. The van der Waals surface area contributed by atoms with E-state index in [4.69, 9.17) is 0 Å². The van der Waals surface area contributed by atoms with Crippen molar-refractivity contribution in [3.8, 4) is 5.88 Å². The molecular weight excluding hydrogens is 280 g/mol. The summed E-state index contributed by atoms with van der Waals surface area (Å²) in [5.74, 6) is -0.613. The molecule has 3 aromatic rings. The normalized spacial score (nSPS) is 11.4. The zero-order valence-electron chi connectivity index (χ0n) is 12.2. The molecule has 0 saturated carbocycles. The maximum absolute atomic E-state index is 11.9. The standard InChI is InChI=1S/C16H14N4O2/c1-9-6-10(2)13-12(7-9)14(16(22)18-13)19-20-15(21)11-4-3-5-17-8-11/h3-8,18,22H,1-2H3. The minimum Gasteiger partial charge on any atom is -0.493 e. The molecule has 0 unspecified atom stereocenters. The first-order valence-corrected chi connectivity index (χ1v) is 6.74. The number of azo groups is 1. The zero-order chi connectivity index (χ0) is 15.7. The lowest BCUT2D eigenvalue weighted by Gasteiger charge is -1.98. The average molecular weight is 294 g/mol. The highest BCUT2D eigenvalue weighted by molar-refractivity contribution is 5.98. The number of fused-ring (bicyclic) bond motifs is 1. The van der Waals surface area contributed by atoms with E-state index in [0.29, 0.717) is 5.56 Å². The number of carbonyl (C=O) groups excluding carboxylic acids is 1. The Kier molecular flexibility index (Phi) is 3.42.